The molecule has 0 aromatic carbocycles. The number of likely N-dealkylation sites (N-methyl/N-ethyl adjacent to an activating group) is 1. The smallest absolute Gasteiger partial charge is 0.0274 e. The summed E-state index contributed by atoms with van der Waals surface area (Å²) in [6.45, 7) is 10.9. The summed E-state index contributed by atoms with van der Waals surface area (Å²) >= 11 is 0. The molecule has 1 heterocycles. The second kappa shape index (κ2) is 6.11. The third kappa shape index (κ3) is 3.32. The van der Waals surface area contributed by atoms with E-state index in [1.165, 1.54) is 38.8 Å². The molecule has 1 saturated heterocycles. The minimum atomic E-state index is 0.454. The Morgan fingerprint density at radius 3 is 2.58 bits per heavy atom. The lowest BCUT2D eigenvalue weighted by atomic mass is 9.86. The van der Waals surface area contributed by atoms with Crippen LogP contribution in [0.1, 0.15) is 46.5 Å². The van der Waals surface area contributed by atoms with Gasteiger partial charge in [-0.05, 0) is 51.7 Å². The van der Waals surface area contributed by atoms with Crippen molar-refractivity contribution in [1.82, 2.24) is 15.1 Å². The second-order valence-corrected chi connectivity index (χ2v) is 7.43. The molecule has 2 aliphatic rings. The first kappa shape index (κ1) is 15.3. The van der Waals surface area contributed by atoms with Crippen molar-refractivity contribution in [2.24, 2.45) is 5.41 Å². The van der Waals surface area contributed by atoms with Gasteiger partial charge >= 0.3 is 0 Å². The van der Waals surface area contributed by atoms with E-state index in [0.29, 0.717) is 11.5 Å². The first-order valence-electron chi connectivity index (χ1n) is 8.09. The molecule has 0 bridgehead atoms. The van der Waals surface area contributed by atoms with Crippen LogP contribution >= 0.6 is 0 Å². The van der Waals surface area contributed by atoms with E-state index in [-0.39, 0.29) is 0 Å². The molecule has 1 aliphatic heterocycles. The van der Waals surface area contributed by atoms with Crippen molar-refractivity contribution < 1.29 is 0 Å². The molecule has 1 aliphatic carbocycles. The zero-order valence-corrected chi connectivity index (χ0v) is 13.6. The van der Waals surface area contributed by atoms with Crippen molar-refractivity contribution in [1.29, 1.82) is 0 Å². The third-order valence-corrected chi connectivity index (χ3v) is 5.32. The van der Waals surface area contributed by atoms with Crippen LogP contribution in [0.5, 0.6) is 0 Å². The molecular weight excluding hydrogens is 234 g/mol. The summed E-state index contributed by atoms with van der Waals surface area (Å²) in [5, 5.41) is 3.84. The summed E-state index contributed by atoms with van der Waals surface area (Å²) < 4.78 is 0. The van der Waals surface area contributed by atoms with Crippen LogP contribution in [-0.2, 0) is 0 Å². The van der Waals surface area contributed by atoms with Crippen LogP contribution in [0.25, 0.3) is 0 Å². The molecule has 0 spiro atoms. The number of hydrogen-bond acceptors (Lipinski definition) is 3. The van der Waals surface area contributed by atoms with E-state index in [1.54, 1.807) is 0 Å². The van der Waals surface area contributed by atoms with Gasteiger partial charge < -0.3 is 10.2 Å². The van der Waals surface area contributed by atoms with Crippen LogP contribution in [0.2, 0.25) is 0 Å². The minimum Gasteiger partial charge on any atom is -0.312 e. The SMILES string of the molecule is CCCNC1C(N2CCC(N(C)C)C2)CCC1(C)C. The van der Waals surface area contributed by atoms with Gasteiger partial charge in [0.25, 0.3) is 0 Å². The molecule has 2 fully saturated rings. The van der Waals surface area contributed by atoms with Crippen molar-refractivity contribution in [2.45, 2.75) is 64.6 Å². The maximum Gasteiger partial charge on any atom is 0.0274 e. The quantitative estimate of drug-likeness (QED) is 0.824. The molecule has 2 rings (SSSR count). The fraction of sp³-hybridized carbons (Fsp3) is 1.00. The molecule has 3 nitrogen and oxygen atoms in total. The van der Waals surface area contributed by atoms with Crippen LogP contribution < -0.4 is 5.32 Å². The highest BCUT2D eigenvalue weighted by atomic mass is 15.3. The lowest BCUT2D eigenvalue weighted by Crippen LogP contribution is -2.51. The predicted molar refractivity (Wildman–Crippen MR) is 82.5 cm³/mol. The Balaban J connectivity index is 1.99. The van der Waals surface area contributed by atoms with E-state index >= 15 is 0 Å². The second-order valence-electron chi connectivity index (χ2n) is 7.43. The van der Waals surface area contributed by atoms with Crippen LogP contribution in [0, 0.1) is 5.41 Å². The van der Waals surface area contributed by atoms with Gasteiger partial charge in [-0.15, -0.1) is 0 Å². The minimum absolute atomic E-state index is 0.454. The fourth-order valence-corrected chi connectivity index (χ4v) is 3.96. The van der Waals surface area contributed by atoms with Gasteiger partial charge in [-0.25, -0.2) is 0 Å². The van der Waals surface area contributed by atoms with Crippen molar-refractivity contribution >= 4 is 0 Å². The van der Waals surface area contributed by atoms with E-state index in [0.717, 1.165) is 18.6 Å². The summed E-state index contributed by atoms with van der Waals surface area (Å²) in [7, 11) is 4.44. The highest BCUT2D eigenvalue weighted by Gasteiger charge is 2.45. The molecule has 1 N–H and O–H groups in total. The van der Waals surface area contributed by atoms with Crippen LogP contribution in [-0.4, -0.2) is 61.7 Å². The standard InChI is InChI=1S/C16H33N3/c1-6-10-17-15-14(7-9-16(15,2)3)19-11-8-13(12-19)18(4)5/h13-15,17H,6-12H2,1-5H3. The van der Waals surface area contributed by atoms with Gasteiger partial charge in [0, 0.05) is 31.2 Å². The first-order chi connectivity index (χ1) is 8.95. The van der Waals surface area contributed by atoms with Crippen molar-refractivity contribution in [2.75, 3.05) is 33.7 Å². The summed E-state index contributed by atoms with van der Waals surface area (Å²) in [5.41, 5.74) is 0.454. The van der Waals surface area contributed by atoms with Crippen LogP contribution in [0.15, 0.2) is 0 Å². The number of hydrogen-bond donors (Lipinski definition) is 1. The fourth-order valence-electron chi connectivity index (χ4n) is 3.96. The average Bonchev–Trinajstić information content (AvgIpc) is 2.91. The Hall–Kier alpha value is -0.120. The molecule has 0 amide bonds. The Bertz CT molecular complexity index is 288. The zero-order chi connectivity index (χ0) is 14.0. The molecule has 112 valence electrons. The van der Waals surface area contributed by atoms with E-state index in [9.17, 15) is 0 Å². The normalized spacial score (nSPS) is 35.4. The van der Waals surface area contributed by atoms with E-state index in [4.69, 9.17) is 0 Å². The van der Waals surface area contributed by atoms with Crippen LogP contribution in [0.3, 0.4) is 0 Å². The molecule has 3 unspecified atom stereocenters. The van der Waals surface area contributed by atoms with Crippen molar-refractivity contribution in [3.05, 3.63) is 0 Å². The van der Waals surface area contributed by atoms with Crippen LogP contribution in [0.4, 0.5) is 0 Å². The largest absolute Gasteiger partial charge is 0.312 e. The zero-order valence-electron chi connectivity index (χ0n) is 13.6. The molecule has 1 saturated carbocycles. The Kier molecular flexibility index (Phi) is 4.91. The predicted octanol–water partition coefficient (Wildman–Crippen LogP) is 2.18. The summed E-state index contributed by atoms with van der Waals surface area (Å²) in [6.07, 6.45) is 5.31. The Labute approximate surface area is 119 Å². The van der Waals surface area contributed by atoms with Gasteiger partial charge in [-0.2, -0.15) is 0 Å². The molecule has 3 atom stereocenters. The highest BCUT2D eigenvalue weighted by molar-refractivity contribution is 5.02. The summed E-state index contributed by atoms with van der Waals surface area (Å²) in [5.74, 6) is 0. The maximum atomic E-state index is 3.84. The topological polar surface area (TPSA) is 18.5 Å². The lowest BCUT2D eigenvalue weighted by Gasteiger charge is -2.36. The third-order valence-electron chi connectivity index (χ3n) is 5.32. The Morgan fingerprint density at radius 1 is 1.26 bits per heavy atom. The Morgan fingerprint density at radius 2 is 2.00 bits per heavy atom. The van der Waals surface area contributed by atoms with Gasteiger partial charge in [0.05, 0.1) is 0 Å². The van der Waals surface area contributed by atoms with E-state index < -0.39 is 0 Å². The van der Waals surface area contributed by atoms with Crippen molar-refractivity contribution in [3.63, 3.8) is 0 Å². The lowest BCUT2D eigenvalue weighted by molar-refractivity contribution is 0.160. The molecule has 3 heteroatoms. The number of rotatable bonds is 5. The summed E-state index contributed by atoms with van der Waals surface area (Å²) in [6, 6.07) is 2.19. The van der Waals surface area contributed by atoms with Gasteiger partial charge in [0.1, 0.15) is 0 Å². The first-order valence-corrected chi connectivity index (χ1v) is 8.09. The summed E-state index contributed by atoms with van der Waals surface area (Å²) in [4.78, 5) is 5.15. The number of nitrogens with zero attached hydrogens (tertiary/aromatic N) is 2. The van der Waals surface area contributed by atoms with Gasteiger partial charge in [0.15, 0.2) is 0 Å². The van der Waals surface area contributed by atoms with Gasteiger partial charge in [-0.1, -0.05) is 20.8 Å². The molecule has 0 radical (unpaired) electrons. The molecule has 0 aromatic rings. The monoisotopic (exact) mass is 267 g/mol. The molecular formula is C16H33N3. The number of likely N-dealkylation sites (tertiary alicyclic amines) is 1. The highest BCUT2D eigenvalue weighted by Crippen LogP contribution is 2.41. The van der Waals surface area contributed by atoms with Gasteiger partial charge in [0.2, 0.25) is 0 Å². The van der Waals surface area contributed by atoms with E-state index in [1.807, 2.05) is 0 Å². The average molecular weight is 267 g/mol. The maximum absolute atomic E-state index is 3.84. The number of nitrogens with one attached hydrogen (secondary N) is 1. The van der Waals surface area contributed by atoms with Gasteiger partial charge in [-0.3, -0.25) is 4.90 Å². The van der Waals surface area contributed by atoms with Crippen molar-refractivity contribution in [3.8, 4) is 0 Å². The molecule has 19 heavy (non-hydrogen) atoms. The van der Waals surface area contributed by atoms with E-state index in [2.05, 4.69) is 50.0 Å². The molecule has 0 aromatic heterocycles.